The summed E-state index contributed by atoms with van der Waals surface area (Å²) in [5.41, 5.74) is 10.5. The molecule has 1 amide bonds. The van der Waals surface area contributed by atoms with Crippen LogP contribution < -0.4 is 16.6 Å². The van der Waals surface area contributed by atoms with E-state index in [-0.39, 0.29) is 17.7 Å². The van der Waals surface area contributed by atoms with Crippen LogP contribution >= 0.6 is 0 Å². The summed E-state index contributed by atoms with van der Waals surface area (Å²) < 4.78 is 5.39. The minimum Gasteiger partial charge on any atom is -0.395 e. The summed E-state index contributed by atoms with van der Waals surface area (Å²) >= 11 is 0. The van der Waals surface area contributed by atoms with Crippen LogP contribution in [-0.2, 0) is 19.5 Å². The number of carbonyl (C=O) groups is 1. The number of nitrogens with two attached hydrogens (primary N) is 1. The fourth-order valence-electron chi connectivity index (χ4n) is 5.26. The Bertz CT molecular complexity index is 1700. The molecule has 10 nitrogen and oxygen atoms in total. The first kappa shape index (κ1) is 23.7. The number of carbonyl (C=O) groups excluding carboxylic acids is 1. The largest absolute Gasteiger partial charge is 0.395 e. The number of aliphatic hydroxyl groups excluding tert-OH is 1. The van der Waals surface area contributed by atoms with Gasteiger partial charge in [-0.1, -0.05) is 30.3 Å². The third-order valence-electron chi connectivity index (χ3n) is 6.99. The van der Waals surface area contributed by atoms with Gasteiger partial charge in [0, 0.05) is 30.5 Å². The minimum absolute atomic E-state index is 0.0339. The number of nitrogens with one attached hydrogen (secondary N) is 1. The van der Waals surface area contributed by atoms with Crippen molar-refractivity contribution < 1.29 is 9.90 Å². The van der Waals surface area contributed by atoms with E-state index in [0.717, 1.165) is 35.3 Å². The Morgan fingerprint density at radius 2 is 1.84 bits per heavy atom. The Labute approximate surface area is 218 Å². The van der Waals surface area contributed by atoms with E-state index in [4.69, 9.17) is 5.73 Å². The summed E-state index contributed by atoms with van der Waals surface area (Å²) in [4.78, 5) is 35.3. The lowest BCUT2D eigenvalue weighted by atomic mass is 10.0. The molecule has 0 aliphatic carbocycles. The molecule has 6 rings (SSSR count). The second-order valence-corrected chi connectivity index (χ2v) is 9.30. The van der Waals surface area contributed by atoms with Crippen molar-refractivity contribution in [1.82, 2.24) is 23.9 Å². The number of hydrogen-bond acceptors (Lipinski definition) is 6. The molecule has 4 N–H and O–H groups in total. The van der Waals surface area contributed by atoms with Crippen LogP contribution in [0.25, 0.3) is 27.8 Å². The number of para-hydroxylation sites is 1. The summed E-state index contributed by atoms with van der Waals surface area (Å²) in [6.07, 6.45) is 5.86. The second-order valence-electron chi connectivity index (χ2n) is 9.30. The number of benzene rings is 2. The summed E-state index contributed by atoms with van der Waals surface area (Å²) in [5.74, 6) is -0.0625. The molecule has 0 radical (unpaired) electrons. The first-order valence-electron chi connectivity index (χ1n) is 12.6. The molecule has 0 bridgehead atoms. The molecule has 0 saturated heterocycles. The van der Waals surface area contributed by atoms with Crippen LogP contribution in [-0.4, -0.2) is 41.5 Å². The van der Waals surface area contributed by atoms with Crippen molar-refractivity contribution in [2.45, 2.75) is 32.4 Å². The quantitative estimate of drug-likeness (QED) is 0.322. The van der Waals surface area contributed by atoms with Gasteiger partial charge in [-0.3, -0.25) is 14.3 Å². The summed E-state index contributed by atoms with van der Waals surface area (Å²) in [6.45, 7) is 1.04. The third-order valence-corrected chi connectivity index (χ3v) is 6.99. The van der Waals surface area contributed by atoms with Gasteiger partial charge >= 0.3 is 0 Å². The molecule has 4 heterocycles. The van der Waals surface area contributed by atoms with Gasteiger partial charge in [-0.25, -0.2) is 14.6 Å². The molecule has 0 saturated carbocycles. The summed E-state index contributed by atoms with van der Waals surface area (Å²) in [5, 5.41) is 13.1. The second kappa shape index (κ2) is 9.64. The number of fused-ring (bicyclic) bond motifs is 2. The Balaban J connectivity index is 1.32. The van der Waals surface area contributed by atoms with E-state index < -0.39 is 5.91 Å². The molecule has 2 aromatic carbocycles. The zero-order chi connectivity index (χ0) is 26.2. The number of hydrogen-bond donors (Lipinski definition) is 3. The van der Waals surface area contributed by atoms with Gasteiger partial charge in [0.15, 0.2) is 0 Å². The monoisotopic (exact) mass is 509 g/mol. The van der Waals surface area contributed by atoms with Crippen LogP contribution in [0.5, 0.6) is 0 Å². The minimum atomic E-state index is -0.416. The highest BCUT2D eigenvalue weighted by molar-refractivity contribution is 6.05. The fraction of sp³-hybridized carbons (Fsp3) is 0.214. The molecule has 192 valence electrons. The molecule has 0 atom stereocenters. The van der Waals surface area contributed by atoms with Gasteiger partial charge in [0.1, 0.15) is 23.4 Å². The molecule has 38 heavy (non-hydrogen) atoms. The number of aliphatic hydroxyl groups is 1. The van der Waals surface area contributed by atoms with Crippen molar-refractivity contribution >= 4 is 28.4 Å². The van der Waals surface area contributed by atoms with Gasteiger partial charge < -0.3 is 20.7 Å². The van der Waals surface area contributed by atoms with Crippen LogP contribution in [0.2, 0.25) is 0 Å². The molecule has 1 aliphatic heterocycles. The van der Waals surface area contributed by atoms with Crippen molar-refractivity contribution in [3.8, 4) is 16.8 Å². The zero-order valence-corrected chi connectivity index (χ0v) is 20.7. The third kappa shape index (κ3) is 3.95. The van der Waals surface area contributed by atoms with Crippen molar-refractivity contribution in [2.24, 2.45) is 0 Å². The van der Waals surface area contributed by atoms with Crippen LogP contribution in [0.1, 0.15) is 28.9 Å². The molecule has 1 aliphatic rings. The maximum Gasteiger partial charge on any atom is 0.284 e. The van der Waals surface area contributed by atoms with Gasteiger partial charge in [0.05, 0.1) is 23.4 Å². The van der Waals surface area contributed by atoms with Crippen LogP contribution in [0.15, 0.2) is 71.9 Å². The van der Waals surface area contributed by atoms with Gasteiger partial charge in [0.2, 0.25) is 0 Å². The lowest BCUT2D eigenvalue weighted by Crippen LogP contribution is -2.25. The smallest absolute Gasteiger partial charge is 0.284 e. The first-order valence-corrected chi connectivity index (χ1v) is 12.6. The Hall–Kier alpha value is -4.70. The van der Waals surface area contributed by atoms with Crippen molar-refractivity contribution in [3.05, 3.63) is 88.7 Å². The van der Waals surface area contributed by atoms with Gasteiger partial charge in [0.25, 0.3) is 11.5 Å². The Kier molecular flexibility index (Phi) is 6.01. The average molecular weight is 510 g/mol. The topological polar surface area (TPSA) is 133 Å². The van der Waals surface area contributed by atoms with E-state index in [0.29, 0.717) is 42.0 Å². The van der Waals surface area contributed by atoms with Gasteiger partial charge in [-0.05, 0) is 49.1 Å². The van der Waals surface area contributed by atoms with E-state index in [9.17, 15) is 14.7 Å². The van der Waals surface area contributed by atoms with E-state index >= 15 is 0 Å². The number of nitrogen functional groups attached to an aromatic ring is 1. The average Bonchev–Trinajstić information content (AvgIpc) is 3.45. The zero-order valence-electron chi connectivity index (χ0n) is 20.7. The number of anilines is 2. The molecule has 0 fully saturated rings. The number of amides is 1. The van der Waals surface area contributed by atoms with E-state index in [1.807, 2.05) is 57.9 Å². The van der Waals surface area contributed by atoms with Gasteiger partial charge in [-0.2, -0.15) is 0 Å². The van der Waals surface area contributed by atoms with Crippen molar-refractivity contribution in [1.29, 1.82) is 0 Å². The highest BCUT2D eigenvalue weighted by Gasteiger charge is 2.27. The van der Waals surface area contributed by atoms with E-state index in [1.54, 1.807) is 16.8 Å². The predicted molar refractivity (Wildman–Crippen MR) is 145 cm³/mol. The van der Waals surface area contributed by atoms with Gasteiger partial charge in [-0.15, -0.1) is 0 Å². The fourth-order valence-corrected chi connectivity index (χ4v) is 5.26. The van der Waals surface area contributed by atoms with Crippen LogP contribution in [0.4, 0.5) is 11.5 Å². The standard InChI is InChI=1S/C28H27N7O3/c29-25-23-21(16-33(14-15-36)26(23)31-17-30-25)18-9-11-19(12-10-18)32-27(37)24-22-8-4-5-13-34(22)35(28(24)38)20-6-2-1-3-7-20/h1-3,6-7,9-12,16-17,36H,4-5,8,13-15H2,(H,32,37)(H2,29,30,31). The normalized spacial score (nSPS) is 13.0. The van der Waals surface area contributed by atoms with E-state index in [2.05, 4.69) is 15.3 Å². The van der Waals surface area contributed by atoms with E-state index in [1.165, 1.54) is 6.33 Å². The highest BCUT2D eigenvalue weighted by Crippen LogP contribution is 2.33. The van der Waals surface area contributed by atoms with Crippen molar-refractivity contribution in [2.75, 3.05) is 17.7 Å². The first-order chi connectivity index (χ1) is 18.6. The maximum atomic E-state index is 13.5. The van der Waals surface area contributed by atoms with Crippen LogP contribution in [0.3, 0.4) is 0 Å². The molecule has 5 aromatic rings. The molecule has 0 spiro atoms. The number of nitrogens with zero attached hydrogens (tertiary/aromatic N) is 5. The molecule has 0 unspecified atom stereocenters. The van der Waals surface area contributed by atoms with Crippen LogP contribution in [0, 0.1) is 0 Å². The maximum absolute atomic E-state index is 13.5. The molecular formula is C28H27N7O3. The van der Waals surface area contributed by atoms with Crippen molar-refractivity contribution in [3.63, 3.8) is 0 Å². The lowest BCUT2D eigenvalue weighted by Gasteiger charge is -2.19. The molecular weight excluding hydrogens is 482 g/mol. The Morgan fingerprint density at radius 3 is 2.61 bits per heavy atom. The summed E-state index contributed by atoms with van der Waals surface area (Å²) in [7, 11) is 0. The highest BCUT2D eigenvalue weighted by atomic mass is 16.3. The predicted octanol–water partition coefficient (Wildman–Crippen LogP) is 3.21. The lowest BCUT2D eigenvalue weighted by molar-refractivity contribution is 0.102. The number of rotatable bonds is 6. The molecule has 3 aromatic heterocycles. The number of aromatic nitrogens is 5. The molecule has 10 heteroatoms. The Morgan fingerprint density at radius 1 is 1.05 bits per heavy atom. The SMILES string of the molecule is Nc1ncnc2c1c(-c1ccc(NC(=O)c3c4n(n(-c5ccccc5)c3=O)CCCC4)cc1)cn2CCO. The summed E-state index contributed by atoms with van der Waals surface area (Å²) in [6, 6.07) is 16.7.